The molecule has 0 aliphatic rings. The summed E-state index contributed by atoms with van der Waals surface area (Å²) in [5.74, 6) is -0.138. The van der Waals surface area contributed by atoms with Gasteiger partial charge in [-0.2, -0.15) is 0 Å². The molecule has 0 radical (unpaired) electrons. The Kier molecular flexibility index (Phi) is 5.04. The monoisotopic (exact) mass is 367 g/mol. The maximum Gasteiger partial charge on any atom is 0.343 e. The van der Waals surface area contributed by atoms with Gasteiger partial charge in [0.15, 0.2) is 0 Å². The molecule has 1 N–H and O–H groups in total. The quantitative estimate of drug-likeness (QED) is 0.546. The molecule has 0 spiro atoms. The van der Waals surface area contributed by atoms with E-state index in [0.29, 0.717) is 17.0 Å². The van der Waals surface area contributed by atoms with Crippen LogP contribution in [-0.4, -0.2) is 14.4 Å². The highest BCUT2D eigenvalue weighted by Gasteiger charge is 2.14. The van der Waals surface area contributed by atoms with Gasteiger partial charge >= 0.3 is 5.97 Å². The molecule has 0 saturated carbocycles. The zero-order chi connectivity index (χ0) is 18.6. The number of aryl methyl sites for hydroxylation is 1. The van der Waals surface area contributed by atoms with Crippen molar-refractivity contribution in [2.75, 3.05) is 4.72 Å². The molecule has 0 aliphatic carbocycles. The number of carbonyl (C=O) groups excluding carboxylic acids is 1. The van der Waals surface area contributed by atoms with E-state index in [0.717, 1.165) is 5.56 Å². The lowest BCUT2D eigenvalue weighted by Gasteiger charge is -2.09. The molecule has 132 valence electrons. The van der Waals surface area contributed by atoms with Gasteiger partial charge in [-0.15, -0.1) is 0 Å². The molecule has 0 amide bonds. The van der Waals surface area contributed by atoms with Gasteiger partial charge < -0.3 is 4.74 Å². The second kappa shape index (κ2) is 7.41. The van der Waals surface area contributed by atoms with Crippen LogP contribution in [0.5, 0.6) is 5.75 Å². The lowest BCUT2D eigenvalue weighted by molar-refractivity contribution is 0.0735. The summed E-state index contributed by atoms with van der Waals surface area (Å²) < 4.78 is 32.3. The molecule has 3 rings (SSSR count). The van der Waals surface area contributed by atoms with Crippen LogP contribution < -0.4 is 9.46 Å². The Labute approximate surface area is 152 Å². The first-order chi connectivity index (χ1) is 12.4. The molecule has 26 heavy (non-hydrogen) atoms. The number of benzene rings is 3. The fourth-order valence-corrected chi connectivity index (χ4v) is 3.34. The minimum absolute atomic E-state index is 0.176. The average Bonchev–Trinajstić information content (AvgIpc) is 2.64. The van der Waals surface area contributed by atoms with Crippen molar-refractivity contribution in [1.29, 1.82) is 0 Å². The number of nitrogens with one attached hydrogen (secondary N) is 1. The van der Waals surface area contributed by atoms with Crippen LogP contribution in [0.2, 0.25) is 0 Å². The summed E-state index contributed by atoms with van der Waals surface area (Å²) in [7, 11) is -3.65. The number of carbonyl (C=O) groups is 1. The van der Waals surface area contributed by atoms with E-state index < -0.39 is 16.0 Å². The summed E-state index contributed by atoms with van der Waals surface area (Å²) in [5.41, 5.74) is 1.88. The van der Waals surface area contributed by atoms with Gasteiger partial charge in [0.25, 0.3) is 10.0 Å². The van der Waals surface area contributed by atoms with E-state index in [1.165, 1.54) is 36.4 Å². The van der Waals surface area contributed by atoms with E-state index in [1.807, 2.05) is 19.1 Å². The predicted molar refractivity (Wildman–Crippen MR) is 99.8 cm³/mol. The van der Waals surface area contributed by atoms with Crippen molar-refractivity contribution in [2.24, 2.45) is 0 Å². The van der Waals surface area contributed by atoms with Gasteiger partial charge in [-0.25, -0.2) is 13.2 Å². The average molecular weight is 367 g/mol. The molecule has 0 heterocycles. The van der Waals surface area contributed by atoms with Gasteiger partial charge in [-0.1, -0.05) is 35.9 Å². The molecule has 0 aromatic heterocycles. The standard InChI is InChI=1S/C20H17NO4S/c1-15-7-9-16(10-8-15)20(22)25-18-13-11-17(12-14-18)21-26(23,24)19-5-3-2-4-6-19/h2-14,21H,1H3. The van der Waals surface area contributed by atoms with Gasteiger partial charge in [-0.3, -0.25) is 4.72 Å². The highest BCUT2D eigenvalue weighted by Crippen LogP contribution is 2.20. The molecule has 5 nitrogen and oxygen atoms in total. The highest BCUT2D eigenvalue weighted by atomic mass is 32.2. The van der Waals surface area contributed by atoms with Crippen LogP contribution in [0, 0.1) is 6.92 Å². The number of rotatable bonds is 5. The van der Waals surface area contributed by atoms with E-state index in [4.69, 9.17) is 4.74 Å². The summed E-state index contributed by atoms with van der Waals surface area (Å²) in [6.45, 7) is 1.93. The normalized spacial score (nSPS) is 11.0. The number of anilines is 1. The Morgan fingerprint density at radius 1 is 0.846 bits per heavy atom. The second-order valence-electron chi connectivity index (χ2n) is 5.70. The Bertz CT molecular complexity index is 996. The van der Waals surface area contributed by atoms with Crippen molar-refractivity contribution in [3.8, 4) is 5.75 Å². The molecule has 0 unspecified atom stereocenters. The first-order valence-electron chi connectivity index (χ1n) is 7.91. The van der Waals surface area contributed by atoms with Crippen LogP contribution in [0.25, 0.3) is 0 Å². The molecule has 0 aliphatic heterocycles. The maximum absolute atomic E-state index is 12.3. The van der Waals surface area contributed by atoms with Crippen LogP contribution in [0.4, 0.5) is 5.69 Å². The minimum Gasteiger partial charge on any atom is -0.423 e. The molecular formula is C20H17NO4S. The zero-order valence-corrected chi connectivity index (χ0v) is 14.9. The van der Waals surface area contributed by atoms with Crippen molar-refractivity contribution in [3.63, 3.8) is 0 Å². The van der Waals surface area contributed by atoms with E-state index in [1.54, 1.807) is 30.3 Å². The smallest absolute Gasteiger partial charge is 0.343 e. The van der Waals surface area contributed by atoms with Gasteiger partial charge in [-0.05, 0) is 55.5 Å². The molecule has 6 heteroatoms. The molecule has 0 saturated heterocycles. The lowest BCUT2D eigenvalue weighted by atomic mass is 10.1. The fourth-order valence-electron chi connectivity index (χ4n) is 2.26. The highest BCUT2D eigenvalue weighted by molar-refractivity contribution is 7.92. The predicted octanol–water partition coefficient (Wildman–Crippen LogP) is 4.02. The SMILES string of the molecule is Cc1ccc(C(=O)Oc2ccc(NS(=O)(=O)c3ccccc3)cc2)cc1. The van der Waals surface area contributed by atoms with E-state index in [2.05, 4.69) is 4.72 Å². The van der Waals surface area contributed by atoms with Gasteiger partial charge in [0, 0.05) is 5.69 Å². The number of sulfonamides is 1. The minimum atomic E-state index is -3.65. The van der Waals surface area contributed by atoms with Crippen LogP contribution in [0.1, 0.15) is 15.9 Å². The van der Waals surface area contributed by atoms with E-state index in [-0.39, 0.29) is 4.90 Å². The van der Waals surface area contributed by atoms with Gasteiger partial charge in [0.2, 0.25) is 0 Å². The Morgan fingerprint density at radius 2 is 1.46 bits per heavy atom. The Balaban J connectivity index is 1.69. The van der Waals surface area contributed by atoms with Crippen molar-refractivity contribution in [2.45, 2.75) is 11.8 Å². The zero-order valence-electron chi connectivity index (χ0n) is 14.0. The summed E-state index contributed by atoms with van der Waals surface area (Å²) in [6.07, 6.45) is 0. The van der Waals surface area contributed by atoms with Crippen LogP contribution in [-0.2, 0) is 10.0 Å². The second-order valence-corrected chi connectivity index (χ2v) is 7.38. The third-order valence-corrected chi connectivity index (χ3v) is 5.06. The van der Waals surface area contributed by atoms with Crippen molar-refractivity contribution < 1.29 is 17.9 Å². The summed E-state index contributed by atoms with van der Waals surface area (Å²) in [5, 5.41) is 0. The van der Waals surface area contributed by atoms with E-state index >= 15 is 0 Å². The molecule has 3 aromatic carbocycles. The molecule has 0 fully saturated rings. The summed E-state index contributed by atoms with van der Waals surface area (Å²) in [6, 6.07) is 21.3. The van der Waals surface area contributed by atoms with Crippen molar-refractivity contribution in [1.82, 2.24) is 0 Å². The first kappa shape index (κ1) is 17.7. The summed E-state index contributed by atoms with van der Waals surface area (Å²) >= 11 is 0. The van der Waals surface area contributed by atoms with Crippen molar-refractivity contribution in [3.05, 3.63) is 90.0 Å². The third-order valence-electron chi connectivity index (χ3n) is 3.66. The number of hydrogen-bond donors (Lipinski definition) is 1. The van der Waals surface area contributed by atoms with Crippen LogP contribution >= 0.6 is 0 Å². The first-order valence-corrected chi connectivity index (χ1v) is 9.39. The molecular weight excluding hydrogens is 350 g/mol. The van der Waals surface area contributed by atoms with Crippen molar-refractivity contribution >= 4 is 21.7 Å². The number of hydrogen-bond acceptors (Lipinski definition) is 4. The largest absolute Gasteiger partial charge is 0.423 e. The van der Waals surface area contributed by atoms with Crippen LogP contribution in [0.15, 0.2) is 83.8 Å². The molecule has 0 bridgehead atoms. The lowest BCUT2D eigenvalue weighted by Crippen LogP contribution is -2.13. The molecule has 3 aromatic rings. The Morgan fingerprint density at radius 3 is 2.08 bits per heavy atom. The Hall–Kier alpha value is -3.12. The van der Waals surface area contributed by atoms with Crippen LogP contribution in [0.3, 0.4) is 0 Å². The number of ether oxygens (including phenoxy) is 1. The van der Waals surface area contributed by atoms with Gasteiger partial charge in [0.1, 0.15) is 5.75 Å². The fraction of sp³-hybridized carbons (Fsp3) is 0.0500. The van der Waals surface area contributed by atoms with E-state index in [9.17, 15) is 13.2 Å². The van der Waals surface area contributed by atoms with Gasteiger partial charge in [0.05, 0.1) is 10.5 Å². The number of esters is 1. The summed E-state index contributed by atoms with van der Waals surface area (Å²) in [4.78, 5) is 12.3. The third kappa shape index (κ3) is 4.29. The maximum atomic E-state index is 12.3. The molecule has 0 atom stereocenters. The topological polar surface area (TPSA) is 72.5 Å².